The molecule has 0 unspecified atom stereocenters. The van der Waals surface area contributed by atoms with Gasteiger partial charge in [0.15, 0.2) is 0 Å². The molecular weight excluding hydrogens is 349 g/mol. The fraction of sp³-hybridized carbons (Fsp3) is 0.167. The number of ether oxygens (including phenoxy) is 1. The van der Waals surface area contributed by atoms with E-state index < -0.39 is 0 Å². The molecule has 0 fully saturated rings. The van der Waals surface area contributed by atoms with Crippen LogP contribution in [0.5, 0.6) is 0 Å². The summed E-state index contributed by atoms with van der Waals surface area (Å²) in [6.07, 6.45) is 0. The summed E-state index contributed by atoms with van der Waals surface area (Å²) < 4.78 is 6.05. The van der Waals surface area contributed by atoms with Gasteiger partial charge in [-0.05, 0) is 35.1 Å². The summed E-state index contributed by atoms with van der Waals surface area (Å²) in [6, 6.07) is 9.60. The monoisotopic (exact) mass is 359 g/mol. The van der Waals surface area contributed by atoms with E-state index in [1.165, 1.54) is 11.3 Å². The highest BCUT2D eigenvalue weighted by atomic mass is 127. The maximum Gasteiger partial charge on any atom is 0.367 e. The van der Waals surface area contributed by atoms with Crippen molar-refractivity contribution in [1.29, 1.82) is 0 Å². The number of esters is 1. The van der Waals surface area contributed by atoms with Crippen LogP contribution in [0.4, 0.5) is 0 Å². The predicted octanol–water partition coefficient (Wildman–Crippen LogP) is 3.41. The van der Waals surface area contributed by atoms with Gasteiger partial charge in [0.25, 0.3) is 0 Å². The highest BCUT2D eigenvalue weighted by Crippen LogP contribution is 2.19. The van der Waals surface area contributed by atoms with Crippen molar-refractivity contribution >= 4 is 39.9 Å². The Kier molecular flexibility index (Phi) is 4.11. The molecule has 3 nitrogen and oxygen atoms in total. The Hall–Kier alpha value is -0.950. The molecule has 1 heterocycles. The molecule has 1 aromatic heterocycles. The molecule has 0 saturated heterocycles. The second-order valence-electron chi connectivity index (χ2n) is 3.43. The largest absolute Gasteiger partial charge is 0.455 e. The Morgan fingerprint density at radius 3 is 2.71 bits per heavy atom. The summed E-state index contributed by atoms with van der Waals surface area (Å²) in [5.41, 5.74) is 0.976. The van der Waals surface area contributed by atoms with Crippen LogP contribution in [0.3, 0.4) is 0 Å². The highest BCUT2D eigenvalue weighted by molar-refractivity contribution is 14.1. The molecule has 17 heavy (non-hydrogen) atoms. The number of rotatable bonds is 3. The van der Waals surface area contributed by atoms with Crippen molar-refractivity contribution in [2.75, 3.05) is 0 Å². The average molecular weight is 359 g/mol. The summed E-state index contributed by atoms with van der Waals surface area (Å²) in [6.45, 7) is 2.22. The number of nitrogens with zero attached hydrogens (tertiary/aromatic N) is 1. The van der Waals surface area contributed by atoms with Crippen LogP contribution in [-0.4, -0.2) is 11.0 Å². The molecule has 0 aliphatic carbocycles. The minimum absolute atomic E-state index is 0.287. The Labute approximate surface area is 117 Å². The molecule has 2 aromatic rings. The number of carbonyl (C=O) groups excluding carboxylic acids is 1. The first-order valence-corrected chi connectivity index (χ1v) is 6.90. The van der Waals surface area contributed by atoms with Gasteiger partial charge >= 0.3 is 5.97 Å². The molecule has 0 saturated carbocycles. The molecule has 0 amide bonds. The standard InChI is InChI=1S/C12H10INO2S/c1-8-10(13)14-11(17-8)12(15)16-7-9-5-3-2-4-6-9/h2-6H,7H2,1H3. The van der Waals surface area contributed by atoms with Crippen molar-refractivity contribution in [2.24, 2.45) is 0 Å². The van der Waals surface area contributed by atoms with Gasteiger partial charge in [0.1, 0.15) is 10.3 Å². The van der Waals surface area contributed by atoms with E-state index in [4.69, 9.17) is 4.74 Å². The third kappa shape index (κ3) is 3.26. The van der Waals surface area contributed by atoms with E-state index in [0.717, 1.165) is 14.1 Å². The zero-order chi connectivity index (χ0) is 12.3. The zero-order valence-corrected chi connectivity index (χ0v) is 12.1. The number of aromatic nitrogens is 1. The van der Waals surface area contributed by atoms with Crippen LogP contribution in [0.2, 0.25) is 0 Å². The van der Waals surface area contributed by atoms with E-state index >= 15 is 0 Å². The molecule has 1 aromatic carbocycles. The van der Waals surface area contributed by atoms with Gasteiger partial charge in [-0.2, -0.15) is 0 Å². The lowest BCUT2D eigenvalue weighted by molar-refractivity contribution is 0.0472. The summed E-state index contributed by atoms with van der Waals surface area (Å²) >= 11 is 3.47. The van der Waals surface area contributed by atoms with Crippen LogP contribution in [-0.2, 0) is 11.3 Å². The minimum atomic E-state index is -0.357. The number of benzene rings is 1. The van der Waals surface area contributed by atoms with Crippen molar-refractivity contribution in [3.63, 3.8) is 0 Å². The highest BCUT2D eigenvalue weighted by Gasteiger charge is 2.14. The normalized spacial score (nSPS) is 10.2. The summed E-state index contributed by atoms with van der Waals surface area (Å²) in [7, 11) is 0. The molecule has 0 aliphatic rings. The molecule has 0 spiro atoms. The predicted molar refractivity (Wildman–Crippen MR) is 75.1 cm³/mol. The third-order valence-electron chi connectivity index (χ3n) is 2.13. The number of thiazole rings is 1. The smallest absolute Gasteiger partial charge is 0.367 e. The van der Waals surface area contributed by atoms with Crippen LogP contribution in [0.1, 0.15) is 20.2 Å². The number of hydrogen-bond acceptors (Lipinski definition) is 4. The molecular formula is C12H10INO2S. The molecule has 0 aliphatic heterocycles. The van der Waals surface area contributed by atoms with Crippen molar-refractivity contribution in [2.45, 2.75) is 13.5 Å². The number of hydrogen-bond donors (Lipinski definition) is 0. The summed E-state index contributed by atoms with van der Waals surface area (Å²) in [5.74, 6) is -0.357. The first-order chi connectivity index (χ1) is 8.16. The number of halogens is 1. The minimum Gasteiger partial charge on any atom is -0.455 e. The van der Waals surface area contributed by atoms with Gasteiger partial charge in [0.05, 0.1) is 0 Å². The fourth-order valence-electron chi connectivity index (χ4n) is 1.25. The van der Waals surface area contributed by atoms with Crippen LogP contribution in [0.15, 0.2) is 30.3 Å². The zero-order valence-electron chi connectivity index (χ0n) is 9.14. The van der Waals surface area contributed by atoms with Gasteiger partial charge in [-0.1, -0.05) is 30.3 Å². The van der Waals surface area contributed by atoms with Gasteiger partial charge < -0.3 is 4.74 Å². The Morgan fingerprint density at radius 2 is 2.12 bits per heavy atom. The van der Waals surface area contributed by atoms with Gasteiger partial charge in [0.2, 0.25) is 5.01 Å². The van der Waals surface area contributed by atoms with Crippen LogP contribution in [0, 0.1) is 10.6 Å². The molecule has 88 valence electrons. The molecule has 0 N–H and O–H groups in total. The van der Waals surface area contributed by atoms with Gasteiger partial charge in [0, 0.05) is 4.88 Å². The van der Waals surface area contributed by atoms with Crippen LogP contribution in [0.25, 0.3) is 0 Å². The van der Waals surface area contributed by atoms with Crippen LogP contribution >= 0.6 is 33.9 Å². The topological polar surface area (TPSA) is 39.2 Å². The van der Waals surface area contributed by atoms with Crippen molar-refractivity contribution in [3.05, 3.63) is 49.5 Å². The molecule has 5 heteroatoms. The molecule has 0 radical (unpaired) electrons. The Morgan fingerprint density at radius 1 is 1.41 bits per heavy atom. The van der Waals surface area contributed by atoms with E-state index in [1.54, 1.807) is 0 Å². The SMILES string of the molecule is Cc1sc(C(=O)OCc2ccccc2)nc1I. The van der Waals surface area contributed by atoms with Gasteiger partial charge in [-0.15, -0.1) is 11.3 Å². The summed E-state index contributed by atoms with van der Waals surface area (Å²) in [4.78, 5) is 16.9. The van der Waals surface area contributed by atoms with Crippen molar-refractivity contribution in [3.8, 4) is 0 Å². The lowest BCUT2D eigenvalue weighted by Gasteiger charge is -2.01. The lowest BCUT2D eigenvalue weighted by atomic mass is 10.2. The Bertz CT molecular complexity index is 505. The van der Waals surface area contributed by atoms with Crippen molar-refractivity contribution in [1.82, 2.24) is 4.98 Å². The van der Waals surface area contributed by atoms with Gasteiger partial charge in [-0.3, -0.25) is 0 Å². The number of aryl methyl sites for hydroxylation is 1. The number of carbonyl (C=O) groups is 1. The first-order valence-electron chi connectivity index (χ1n) is 5.01. The van der Waals surface area contributed by atoms with Crippen LogP contribution < -0.4 is 0 Å². The quantitative estimate of drug-likeness (QED) is 0.623. The summed E-state index contributed by atoms with van der Waals surface area (Å²) in [5, 5.41) is 0.419. The molecule has 2 rings (SSSR count). The first kappa shape index (κ1) is 12.5. The van der Waals surface area contributed by atoms with E-state index in [9.17, 15) is 4.79 Å². The van der Waals surface area contributed by atoms with E-state index in [-0.39, 0.29) is 12.6 Å². The van der Waals surface area contributed by atoms with Gasteiger partial charge in [-0.25, -0.2) is 9.78 Å². The second kappa shape index (κ2) is 5.59. The second-order valence-corrected chi connectivity index (χ2v) is 5.65. The maximum absolute atomic E-state index is 11.7. The van der Waals surface area contributed by atoms with E-state index in [1.807, 2.05) is 37.3 Å². The molecule has 0 bridgehead atoms. The molecule has 0 atom stereocenters. The lowest BCUT2D eigenvalue weighted by Crippen LogP contribution is -2.04. The maximum atomic E-state index is 11.7. The Balaban J connectivity index is 1.98. The third-order valence-corrected chi connectivity index (χ3v) is 4.49. The van der Waals surface area contributed by atoms with E-state index in [0.29, 0.717) is 5.01 Å². The van der Waals surface area contributed by atoms with E-state index in [2.05, 4.69) is 27.6 Å². The fourth-order valence-corrected chi connectivity index (χ4v) is 2.68. The average Bonchev–Trinajstić information content (AvgIpc) is 2.68. The van der Waals surface area contributed by atoms with Crippen molar-refractivity contribution < 1.29 is 9.53 Å².